The molecule has 1 amide bonds. The number of amides is 1. The summed E-state index contributed by atoms with van der Waals surface area (Å²) in [6, 6.07) is 9.25. The van der Waals surface area contributed by atoms with Crippen LogP contribution in [0.3, 0.4) is 0 Å². The van der Waals surface area contributed by atoms with Gasteiger partial charge in [-0.3, -0.25) is 9.52 Å². The van der Waals surface area contributed by atoms with E-state index in [2.05, 4.69) is 21.7 Å². The van der Waals surface area contributed by atoms with Gasteiger partial charge in [0.15, 0.2) is 17.3 Å². The van der Waals surface area contributed by atoms with Gasteiger partial charge in [0.2, 0.25) is 0 Å². The Morgan fingerprint density at radius 2 is 1.88 bits per heavy atom. The number of rotatable bonds is 13. The molecule has 0 saturated heterocycles. The van der Waals surface area contributed by atoms with Gasteiger partial charge in [-0.1, -0.05) is 26.3 Å². The lowest BCUT2D eigenvalue weighted by atomic mass is 9.86. The van der Waals surface area contributed by atoms with Crippen LogP contribution in [-0.4, -0.2) is 45.5 Å². The average molecular weight is 598 g/mol. The number of hydrogen-bond donors (Lipinski definition) is 3. The number of anilines is 1. The first-order valence-corrected chi connectivity index (χ1v) is 15.5. The largest absolute Gasteiger partial charge is 0.493 e. The number of ether oxygens (including phenoxy) is 3. The number of carbonyl (C=O) groups excluding carboxylic acids is 1. The predicted molar refractivity (Wildman–Crippen MR) is 162 cm³/mol. The average Bonchev–Trinajstić information content (AvgIpc) is 2.92. The second-order valence-electron chi connectivity index (χ2n) is 10.2. The van der Waals surface area contributed by atoms with Gasteiger partial charge in [0.05, 0.1) is 36.5 Å². The van der Waals surface area contributed by atoms with E-state index in [0.717, 1.165) is 19.3 Å². The molecule has 4 rings (SSSR count). The third-order valence-corrected chi connectivity index (χ3v) is 8.38. The molecule has 1 saturated carbocycles. The summed E-state index contributed by atoms with van der Waals surface area (Å²) < 4.78 is 46.9. The van der Waals surface area contributed by atoms with Crippen LogP contribution < -0.4 is 30.0 Å². The maximum absolute atomic E-state index is 13.6. The van der Waals surface area contributed by atoms with E-state index >= 15 is 0 Å². The molecule has 2 aromatic rings. The predicted octanol–water partition coefficient (Wildman–Crippen LogP) is 4.67. The van der Waals surface area contributed by atoms with Crippen molar-refractivity contribution in [1.82, 2.24) is 10.3 Å². The van der Waals surface area contributed by atoms with Crippen molar-refractivity contribution in [3.63, 3.8) is 0 Å². The number of methoxy groups -OCH3 is 1. The van der Waals surface area contributed by atoms with E-state index in [1.165, 1.54) is 36.7 Å². The molecule has 2 aromatic carbocycles. The number of hydrogen-bond acceptors (Lipinski definition) is 9. The van der Waals surface area contributed by atoms with Crippen LogP contribution in [0, 0.1) is 5.92 Å². The standard InChI is InChI=1S/C30H39N5O6S/c1-6-9-19(3)35-28(20(4)31)30(36)32-29(33-35)24-17-23(13-15-25(24)40-7-2)42(37,38)34-22-12-14-26(39-5)27(16-22)41-18-21-10-8-11-21/h12-17,21,34H,3,6-11,18,31H2,1-2,4-5H3,(H,32,33,36)/b28-20-. The molecule has 0 spiro atoms. The van der Waals surface area contributed by atoms with E-state index in [9.17, 15) is 13.2 Å². The van der Waals surface area contributed by atoms with E-state index in [0.29, 0.717) is 54.2 Å². The molecule has 11 nitrogen and oxygen atoms in total. The third kappa shape index (κ3) is 6.81. The Morgan fingerprint density at radius 1 is 1.14 bits per heavy atom. The van der Waals surface area contributed by atoms with E-state index in [1.807, 2.05) is 6.92 Å². The summed E-state index contributed by atoms with van der Waals surface area (Å²) in [6.07, 6.45) is 4.79. The number of allylic oxidation sites excluding steroid dienone is 2. The number of nitrogens with zero attached hydrogens (tertiary/aromatic N) is 2. The first-order valence-electron chi connectivity index (χ1n) is 14.0. The van der Waals surface area contributed by atoms with Gasteiger partial charge in [-0.15, -0.1) is 5.10 Å². The van der Waals surface area contributed by atoms with Crippen LogP contribution in [0.15, 0.2) is 70.1 Å². The SMILES string of the molecule is C=C(CCC)N1N=C(c2cc(S(=O)(=O)Nc3ccc(OC)c(OCC4CCC4)c3)ccc2OCC)NC(=O)/C1=C(\C)N. The highest BCUT2D eigenvalue weighted by molar-refractivity contribution is 7.92. The Balaban J connectivity index is 1.69. The van der Waals surface area contributed by atoms with E-state index < -0.39 is 15.9 Å². The van der Waals surface area contributed by atoms with Crippen LogP contribution in [0.5, 0.6) is 17.2 Å². The minimum Gasteiger partial charge on any atom is -0.493 e. The highest BCUT2D eigenvalue weighted by Crippen LogP contribution is 2.34. The van der Waals surface area contributed by atoms with Crippen LogP contribution in [0.2, 0.25) is 0 Å². The normalized spacial score (nSPS) is 16.6. The van der Waals surface area contributed by atoms with Gasteiger partial charge in [0.1, 0.15) is 11.4 Å². The number of hydrazone groups is 1. The van der Waals surface area contributed by atoms with Crippen LogP contribution in [-0.2, 0) is 14.8 Å². The topological polar surface area (TPSA) is 145 Å². The Morgan fingerprint density at radius 3 is 2.50 bits per heavy atom. The molecular formula is C30H39N5O6S. The Labute approximate surface area is 247 Å². The lowest BCUT2D eigenvalue weighted by molar-refractivity contribution is -0.118. The minimum atomic E-state index is -4.07. The van der Waals surface area contributed by atoms with E-state index in [1.54, 1.807) is 32.0 Å². The summed E-state index contributed by atoms with van der Waals surface area (Å²) >= 11 is 0. The summed E-state index contributed by atoms with van der Waals surface area (Å²) in [5, 5.41) is 8.75. The number of nitrogens with two attached hydrogens (primary N) is 1. The van der Waals surface area contributed by atoms with Crippen molar-refractivity contribution in [2.45, 2.75) is 57.8 Å². The second kappa shape index (κ2) is 13.2. The second-order valence-corrected chi connectivity index (χ2v) is 11.9. The molecule has 1 aliphatic heterocycles. The monoisotopic (exact) mass is 597 g/mol. The molecular weight excluding hydrogens is 558 g/mol. The highest BCUT2D eigenvalue weighted by atomic mass is 32.2. The van der Waals surface area contributed by atoms with E-state index in [4.69, 9.17) is 19.9 Å². The maximum atomic E-state index is 13.6. The summed E-state index contributed by atoms with van der Waals surface area (Å²) in [7, 11) is -2.54. The molecule has 0 bridgehead atoms. The van der Waals surface area contributed by atoms with Gasteiger partial charge in [0, 0.05) is 17.5 Å². The molecule has 1 heterocycles. The van der Waals surface area contributed by atoms with Gasteiger partial charge in [-0.25, -0.2) is 13.4 Å². The van der Waals surface area contributed by atoms with Crippen LogP contribution in [0.25, 0.3) is 0 Å². The van der Waals surface area contributed by atoms with Gasteiger partial charge < -0.3 is 25.3 Å². The van der Waals surface area contributed by atoms with E-state index in [-0.39, 0.29) is 27.7 Å². The smallest absolute Gasteiger partial charge is 0.277 e. The first kappa shape index (κ1) is 30.8. The molecule has 0 unspecified atom stereocenters. The molecule has 2 aliphatic rings. The zero-order chi connectivity index (χ0) is 30.4. The molecule has 1 fully saturated rings. The van der Waals surface area contributed by atoms with Crippen LogP contribution >= 0.6 is 0 Å². The number of amidine groups is 1. The quantitative estimate of drug-likeness (QED) is 0.283. The van der Waals surface area contributed by atoms with Gasteiger partial charge >= 0.3 is 0 Å². The summed E-state index contributed by atoms with van der Waals surface area (Å²) in [5.74, 6) is 1.45. The maximum Gasteiger partial charge on any atom is 0.277 e. The molecule has 42 heavy (non-hydrogen) atoms. The lowest BCUT2D eigenvalue weighted by Gasteiger charge is -2.30. The van der Waals surface area contributed by atoms with Crippen LogP contribution in [0.1, 0.15) is 58.4 Å². The van der Waals surface area contributed by atoms with Gasteiger partial charge in [0.25, 0.3) is 15.9 Å². The molecule has 4 N–H and O–H groups in total. The molecule has 12 heteroatoms. The lowest BCUT2D eigenvalue weighted by Crippen LogP contribution is -2.44. The summed E-state index contributed by atoms with van der Waals surface area (Å²) in [5.41, 5.74) is 7.62. The van der Waals surface area contributed by atoms with Crippen molar-refractivity contribution in [1.29, 1.82) is 0 Å². The van der Waals surface area contributed by atoms with Crippen molar-refractivity contribution in [3.8, 4) is 17.2 Å². The third-order valence-electron chi connectivity index (χ3n) is 7.00. The molecule has 1 aliphatic carbocycles. The van der Waals surface area contributed by atoms with Crippen LogP contribution in [0.4, 0.5) is 5.69 Å². The number of benzene rings is 2. The van der Waals surface area contributed by atoms with Crippen molar-refractivity contribution in [2.75, 3.05) is 25.0 Å². The van der Waals surface area contributed by atoms with Gasteiger partial charge in [-0.05, 0) is 69.4 Å². The summed E-state index contributed by atoms with van der Waals surface area (Å²) in [6.45, 7) is 10.3. The Bertz CT molecular complexity index is 1510. The molecule has 0 radical (unpaired) electrons. The molecule has 0 atom stereocenters. The number of carbonyl (C=O) groups is 1. The summed E-state index contributed by atoms with van der Waals surface area (Å²) in [4.78, 5) is 13.1. The highest BCUT2D eigenvalue weighted by Gasteiger charge is 2.31. The molecule has 0 aromatic heterocycles. The Kier molecular flexibility index (Phi) is 9.66. The first-order chi connectivity index (χ1) is 20.1. The zero-order valence-electron chi connectivity index (χ0n) is 24.5. The number of nitrogens with one attached hydrogen (secondary N) is 2. The van der Waals surface area contributed by atoms with Crippen molar-refractivity contribution >= 4 is 27.5 Å². The minimum absolute atomic E-state index is 0.0547. The molecule has 226 valence electrons. The fourth-order valence-corrected chi connectivity index (χ4v) is 5.68. The fourth-order valence-electron chi connectivity index (χ4n) is 4.61. The van der Waals surface area contributed by atoms with Crippen molar-refractivity contribution in [2.24, 2.45) is 16.8 Å². The fraction of sp³-hybridized carbons (Fsp3) is 0.400. The number of sulfonamides is 1. The zero-order valence-corrected chi connectivity index (χ0v) is 25.3. The van der Waals surface area contributed by atoms with Crippen molar-refractivity contribution < 1.29 is 27.4 Å². The Hall–Kier alpha value is -4.19. The van der Waals surface area contributed by atoms with Gasteiger partial charge in [-0.2, -0.15) is 0 Å². The van der Waals surface area contributed by atoms with Crippen molar-refractivity contribution in [3.05, 3.63) is 65.6 Å².